The first-order chi connectivity index (χ1) is 14.0. The number of carbonyl (C=O) groups excluding carboxylic acids is 1. The molecule has 0 saturated carbocycles. The van der Waals surface area contributed by atoms with E-state index in [4.69, 9.17) is 0 Å². The third kappa shape index (κ3) is 3.27. The van der Waals surface area contributed by atoms with Gasteiger partial charge >= 0.3 is 0 Å². The Labute approximate surface area is 174 Å². The topological polar surface area (TPSA) is 66.5 Å². The summed E-state index contributed by atoms with van der Waals surface area (Å²) in [6.07, 6.45) is 3.47. The van der Waals surface area contributed by atoms with Crippen LogP contribution < -0.4 is 5.32 Å². The molecule has 3 aromatic rings. The van der Waals surface area contributed by atoms with Crippen LogP contribution in [0, 0.1) is 5.92 Å². The molecule has 1 fully saturated rings. The van der Waals surface area contributed by atoms with E-state index in [1.165, 1.54) is 32.2 Å². The molecular formula is C22H22N2O3S2. The first-order valence-corrected chi connectivity index (χ1v) is 12.2. The molecule has 5 rings (SSSR count). The lowest BCUT2D eigenvalue weighted by molar-refractivity contribution is -0.120. The second-order valence-electron chi connectivity index (χ2n) is 7.74. The summed E-state index contributed by atoms with van der Waals surface area (Å²) < 4.78 is 27.5. The predicted octanol–water partition coefficient (Wildman–Crippen LogP) is 4.04. The van der Waals surface area contributed by atoms with E-state index >= 15 is 0 Å². The standard InChI is InChI=1S/C22H22N2O3S2/c25-22(17-5-2-12-24(14-17)29(26,27)20-7-3-13-28-20)23-19-11-10-16-9-8-15-4-1-6-18(19)21(15)16/h1,3-4,6-7,10-11,13,17H,2,5,8-9,12,14H2,(H,23,25). The van der Waals surface area contributed by atoms with Crippen molar-refractivity contribution in [2.24, 2.45) is 5.92 Å². The van der Waals surface area contributed by atoms with E-state index in [1.54, 1.807) is 17.5 Å². The zero-order valence-corrected chi connectivity index (χ0v) is 17.6. The van der Waals surface area contributed by atoms with Gasteiger partial charge in [0.15, 0.2) is 0 Å². The number of hydrogen-bond acceptors (Lipinski definition) is 4. The van der Waals surface area contributed by atoms with E-state index in [0.29, 0.717) is 23.6 Å². The maximum Gasteiger partial charge on any atom is 0.252 e. The second kappa shape index (κ2) is 7.23. The molecule has 2 aliphatic rings. The Morgan fingerprint density at radius 3 is 2.69 bits per heavy atom. The summed E-state index contributed by atoms with van der Waals surface area (Å²) in [5.74, 6) is -0.448. The lowest BCUT2D eigenvalue weighted by Gasteiger charge is -2.30. The first-order valence-electron chi connectivity index (χ1n) is 9.92. The van der Waals surface area contributed by atoms with Crippen molar-refractivity contribution in [1.82, 2.24) is 4.31 Å². The molecule has 150 valence electrons. The monoisotopic (exact) mass is 426 g/mol. The van der Waals surface area contributed by atoms with E-state index in [1.807, 2.05) is 12.1 Å². The molecular weight excluding hydrogens is 404 g/mol. The van der Waals surface area contributed by atoms with Gasteiger partial charge in [0.25, 0.3) is 10.0 Å². The van der Waals surface area contributed by atoms with Crippen LogP contribution in [0.15, 0.2) is 52.1 Å². The van der Waals surface area contributed by atoms with Gasteiger partial charge in [-0.2, -0.15) is 4.31 Å². The summed E-state index contributed by atoms with van der Waals surface area (Å²) in [7, 11) is -3.52. The van der Waals surface area contributed by atoms with Crippen LogP contribution in [0.2, 0.25) is 0 Å². The molecule has 1 amide bonds. The maximum atomic E-state index is 13.0. The van der Waals surface area contributed by atoms with Gasteiger partial charge < -0.3 is 5.32 Å². The molecule has 2 aromatic carbocycles. The molecule has 1 aliphatic carbocycles. The Hall–Kier alpha value is -2.22. The molecule has 0 spiro atoms. The minimum atomic E-state index is -3.52. The highest BCUT2D eigenvalue weighted by molar-refractivity contribution is 7.91. The Kier molecular flexibility index (Phi) is 4.69. The molecule has 2 heterocycles. The summed E-state index contributed by atoms with van der Waals surface area (Å²) in [5, 5.41) is 7.18. The molecule has 29 heavy (non-hydrogen) atoms. The number of benzene rings is 2. The smallest absolute Gasteiger partial charge is 0.252 e. The van der Waals surface area contributed by atoms with E-state index in [2.05, 4.69) is 23.5 Å². The van der Waals surface area contributed by atoms with E-state index < -0.39 is 10.0 Å². The summed E-state index contributed by atoms with van der Waals surface area (Å²) in [4.78, 5) is 13.0. The van der Waals surface area contributed by atoms with Crippen LogP contribution in [0.3, 0.4) is 0 Å². The minimum absolute atomic E-state index is 0.102. The zero-order valence-electron chi connectivity index (χ0n) is 15.9. The number of nitrogens with zero attached hydrogens (tertiary/aromatic N) is 1. The highest BCUT2D eigenvalue weighted by atomic mass is 32.2. The maximum absolute atomic E-state index is 13.0. The first kappa shape index (κ1) is 18.8. The number of nitrogens with one attached hydrogen (secondary N) is 1. The summed E-state index contributed by atoms with van der Waals surface area (Å²) in [6, 6.07) is 13.7. The minimum Gasteiger partial charge on any atom is -0.325 e. The van der Waals surface area contributed by atoms with Gasteiger partial charge in [0, 0.05) is 24.2 Å². The predicted molar refractivity (Wildman–Crippen MR) is 116 cm³/mol. The van der Waals surface area contributed by atoms with Crippen LogP contribution in [0.4, 0.5) is 5.69 Å². The number of aryl methyl sites for hydroxylation is 2. The quantitative estimate of drug-likeness (QED) is 0.685. The van der Waals surface area contributed by atoms with Gasteiger partial charge in [-0.1, -0.05) is 30.3 Å². The van der Waals surface area contributed by atoms with E-state index in [-0.39, 0.29) is 18.4 Å². The van der Waals surface area contributed by atoms with Crippen LogP contribution in [-0.2, 0) is 27.7 Å². The normalized spacial score (nSPS) is 19.5. The van der Waals surface area contributed by atoms with Crippen molar-refractivity contribution < 1.29 is 13.2 Å². The van der Waals surface area contributed by atoms with Gasteiger partial charge in [0.1, 0.15) is 4.21 Å². The van der Waals surface area contributed by atoms with Gasteiger partial charge in [-0.3, -0.25) is 4.79 Å². The largest absolute Gasteiger partial charge is 0.325 e. The molecule has 0 radical (unpaired) electrons. The van der Waals surface area contributed by atoms with E-state index in [0.717, 1.165) is 23.9 Å². The molecule has 1 aromatic heterocycles. The van der Waals surface area contributed by atoms with Gasteiger partial charge in [0.05, 0.1) is 5.92 Å². The SMILES string of the molecule is O=C(Nc1ccc2c3c(cccc13)CC2)C1CCCN(S(=O)(=O)c2cccs2)C1. The average molecular weight is 427 g/mol. The number of thiophene rings is 1. The van der Waals surface area contributed by atoms with Crippen LogP contribution >= 0.6 is 11.3 Å². The Morgan fingerprint density at radius 1 is 1.07 bits per heavy atom. The van der Waals surface area contributed by atoms with Gasteiger partial charge in [-0.05, 0) is 59.7 Å². The molecule has 5 nitrogen and oxygen atoms in total. The number of sulfonamides is 1. The van der Waals surface area contributed by atoms with Crippen molar-refractivity contribution in [2.75, 3.05) is 18.4 Å². The lowest BCUT2D eigenvalue weighted by Crippen LogP contribution is -2.43. The van der Waals surface area contributed by atoms with Crippen LogP contribution in [0.1, 0.15) is 24.0 Å². The molecule has 7 heteroatoms. The van der Waals surface area contributed by atoms with Crippen molar-refractivity contribution in [3.05, 3.63) is 59.0 Å². The Morgan fingerprint density at radius 2 is 1.90 bits per heavy atom. The van der Waals surface area contributed by atoms with Crippen LogP contribution in [0.25, 0.3) is 10.8 Å². The van der Waals surface area contributed by atoms with Crippen molar-refractivity contribution in [3.63, 3.8) is 0 Å². The summed E-state index contributed by atoms with van der Waals surface area (Å²) in [6.45, 7) is 0.693. The molecule has 1 saturated heterocycles. The van der Waals surface area contributed by atoms with Crippen LogP contribution in [-0.4, -0.2) is 31.7 Å². The molecule has 0 bridgehead atoms. The third-order valence-electron chi connectivity index (χ3n) is 5.98. The summed E-state index contributed by atoms with van der Waals surface area (Å²) >= 11 is 1.22. The molecule has 1 N–H and O–H groups in total. The number of anilines is 1. The number of rotatable bonds is 4. The Bertz CT molecular complexity index is 1180. The third-order valence-corrected chi connectivity index (χ3v) is 9.22. The van der Waals surface area contributed by atoms with E-state index in [9.17, 15) is 13.2 Å². The fourth-order valence-electron chi connectivity index (χ4n) is 4.50. The highest BCUT2D eigenvalue weighted by Gasteiger charge is 2.34. The number of piperidine rings is 1. The van der Waals surface area contributed by atoms with Crippen molar-refractivity contribution >= 4 is 43.7 Å². The van der Waals surface area contributed by atoms with Gasteiger partial charge in [-0.25, -0.2) is 8.42 Å². The fourth-order valence-corrected chi connectivity index (χ4v) is 7.17. The van der Waals surface area contributed by atoms with Gasteiger partial charge in [-0.15, -0.1) is 11.3 Å². The van der Waals surface area contributed by atoms with Crippen molar-refractivity contribution in [1.29, 1.82) is 0 Å². The zero-order chi connectivity index (χ0) is 20.0. The highest BCUT2D eigenvalue weighted by Crippen LogP contribution is 2.35. The lowest BCUT2D eigenvalue weighted by atomic mass is 9.98. The summed E-state index contributed by atoms with van der Waals surface area (Å²) in [5.41, 5.74) is 3.48. The second-order valence-corrected chi connectivity index (χ2v) is 10.8. The fraction of sp³-hybridized carbons (Fsp3) is 0.318. The number of hydrogen-bond donors (Lipinski definition) is 1. The Balaban J connectivity index is 1.37. The molecule has 1 aliphatic heterocycles. The molecule has 1 unspecified atom stereocenters. The number of amides is 1. The molecule has 1 atom stereocenters. The van der Waals surface area contributed by atoms with Gasteiger partial charge in [0.2, 0.25) is 5.91 Å². The van der Waals surface area contributed by atoms with Crippen molar-refractivity contribution in [3.8, 4) is 0 Å². The number of carbonyl (C=O) groups is 1. The average Bonchev–Trinajstić information content (AvgIpc) is 3.42. The van der Waals surface area contributed by atoms with Crippen molar-refractivity contribution in [2.45, 2.75) is 29.9 Å². The van der Waals surface area contributed by atoms with Crippen LogP contribution in [0.5, 0.6) is 0 Å².